The maximum absolute atomic E-state index is 5.65. The van der Waals surface area contributed by atoms with E-state index < -0.39 is 0 Å². The largest absolute Gasteiger partial charge is 0.493 e. The summed E-state index contributed by atoms with van der Waals surface area (Å²) in [7, 11) is 0. The Hall–Kier alpha value is -2.12. The van der Waals surface area contributed by atoms with Crippen LogP contribution in [0.3, 0.4) is 0 Å². The van der Waals surface area contributed by atoms with Crippen LogP contribution in [0.25, 0.3) is 0 Å². The Morgan fingerprint density at radius 2 is 1.06 bits per heavy atom. The van der Waals surface area contributed by atoms with Crippen LogP contribution in [0.5, 0.6) is 11.5 Å². The van der Waals surface area contributed by atoms with Crippen LogP contribution >= 0.6 is 0 Å². The van der Waals surface area contributed by atoms with Crippen LogP contribution in [-0.4, -0.2) is 75.4 Å². The molecule has 0 saturated carbocycles. The second-order valence-corrected chi connectivity index (χ2v) is 9.86. The van der Waals surface area contributed by atoms with Crippen molar-refractivity contribution in [3.63, 3.8) is 0 Å². The summed E-state index contributed by atoms with van der Waals surface area (Å²) >= 11 is 0. The molecule has 35 heavy (non-hydrogen) atoms. The van der Waals surface area contributed by atoms with Crippen LogP contribution in [0.2, 0.25) is 0 Å². The molecule has 0 aromatic heterocycles. The fourth-order valence-electron chi connectivity index (χ4n) is 5.45. The van der Waals surface area contributed by atoms with E-state index in [1.165, 1.54) is 22.3 Å². The molecule has 2 aromatic carbocycles. The predicted octanol–water partition coefficient (Wildman–Crippen LogP) is 3.81. The smallest absolute Gasteiger partial charge is 0.122 e. The van der Waals surface area contributed by atoms with E-state index in [4.69, 9.17) is 9.47 Å². The lowest BCUT2D eigenvalue weighted by Crippen LogP contribution is -2.44. The first-order valence-corrected chi connectivity index (χ1v) is 13.1. The van der Waals surface area contributed by atoms with Crippen LogP contribution in [0, 0.1) is 0 Å². The van der Waals surface area contributed by atoms with Gasteiger partial charge >= 0.3 is 0 Å². The number of rotatable bonds is 4. The van der Waals surface area contributed by atoms with Crippen LogP contribution in [0.15, 0.2) is 36.4 Å². The Balaban J connectivity index is 0.000000160. The fraction of sp³-hybridized carbons (Fsp3) is 0.586. The molecule has 4 aliphatic heterocycles. The van der Waals surface area contributed by atoms with E-state index in [0.717, 1.165) is 89.9 Å². The molecule has 6 nitrogen and oxygen atoms in total. The Bertz CT molecular complexity index is 876. The molecule has 0 spiro atoms. The van der Waals surface area contributed by atoms with Gasteiger partial charge in [-0.05, 0) is 48.2 Å². The van der Waals surface area contributed by atoms with Gasteiger partial charge in [0.2, 0.25) is 0 Å². The summed E-state index contributed by atoms with van der Waals surface area (Å²) < 4.78 is 11.3. The zero-order chi connectivity index (χ0) is 23.3. The van der Waals surface area contributed by atoms with Crippen molar-refractivity contribution in [1.82, 2.24) is 20.4 Å². The molecule has 2 saturated heterocycles. The summed E-state index contributed by atoms with van der Waals surface area (Å²) in [5.41, 5.74) is 5.49. The molecular formula is C29H44N4O2. The summed E-state index contributed by atoms with van der Waals surface area (Å²) in [6.45, 7) is 15.2. The zero-order valence-electron chi connectivity index (χ0n) is 20.8. The molecule has 2 aromatic rings. The van der Waals surface area contributed by atoms with Crippen LogP contribution in [0.1, 0.15) is 55.6 Å². The maximum atomic E-state index is 5.65. The van der Waals surface area contributed by atoms with Gasteiger partial charge in [0.15, 0.2) is 0 Å². The third-order valence-corrected chi connectivity index (χ3v) is 7.80. The Labute approximate surface area is 212 Å². The van der Waals surface area contributed by atoms with Gasteiger partial charge in [-0.15, -0.1) is 0 Å². The topological polar surface area (TPSA) is 49.0 Å². The minimum Gasteiger partial charge on any atom is -0.493 e. The van der Waals surface area contributed by atoms with Gasteiger partial charge in [0, 0.05) is 77.3 Å². The summed E-state index contributed by atoms with van der Waals surface area (Å²) in [5, 5.41) is 6.79. The second-order valence-electron chi connectivity index (χ2n) is 9.86. The Morgan fingerprint density at radius 3 is 1.46 bits per heavy atom. The van der Waals surface area contributed by atoms with Crippen molar-refractivity contribution in [2.24, 2.45) is 0 Å². The predicted molar refractivity (Wildman–Crippen MR) is 144 cm³/mol. The summed E-state index contributed by atoms with van der Waals surface area (Å²) in [5.74, 6) is 2.20. The van der Waals surface area contributed by atoms with Crippen LogP contribution < -0.4 is 20.1 Å². The fourth-order valence-corrected chi connectivity index (χ4v) is 5.45. The number of hydrogen-bond donors (Lipinski definition) is 2. The quantitative estimate of drug-likeness (QED) is 0.694. The summed E-state index contributed by atoms with van der Waals surface area (Å²) in [4.78, 5) is 5.07. The molecule has 0 bridgehead atoms. The first-order chi connectivity index (χ1) is 16.7. The van der Waals surface area contributed by atoms with E-state index in [1.807, 2.05) is 0 Å². The highest BCUT2D eigenvalue weighted by Crippen LogP contribution is 2.31. The van der Waals surface area contributed by atoms with E-state index in [9.17, 15) is 0 Å². The summed E-state index contributed by atoms with van der Waals surface area (Å²) in [6, 6.07) is 14.4. The summed E-state index contributed by atoms with van der Waals surface area (Å²) in [6.07, 6.45) is 2.13. The molecule has 4 aliphatic rings. The van der Waals surface area contributed by atoms with Gasteiger partial charge in [0.05, 0.1) is 13.2 Å². The molecule has 2 fully saturated rings. The van der Waals surface area contributed by atoms with Gasteiger partial charge in [0.25, 0.3) is 0 Å². The minimum absolute atomic E-state index is 0. The highest BCUT2D eigenvalue weighted by Gasteiger charge is 2.21. The average Bonchev–Trinajstić information content (AvgIpc) is 3.58. The average molecular weight is 481 g/mol. The first kappa shape index (κ1) is 26.0. The highest BCUT2D eigenvalue weighted by molar-refractivity contribution is 5.42. The van der Waals surface area contributed by atoms with E-state index in [2.05, 4.69) is 70.7 Å². The number of nitrogens with one attached hydrogen (secondary N) is 2. The number of ether oxygens (including phenoxy) is 2. The van der Waals surface area contributed by atoms with E-state index >= 15 is 0 Å². The molecule has 2 atom stereocenters. The monoisotopic (exact) mass is 480 g/mol. The molecule has 0 aliphatic carbocycles. The lowest BCUT2D eigenvalue weighted by molar-refractivity contribution is 0.185. The van der Waals surface area contributed by atoms with E-state index in [-0.39, 0.29) is 7.43 Å². The lowest BCUT2D eigenvalue weighted by atomic mass is 10.0. The molecular weight excluding hydrogens is 436 g/mol. The van der Waals surface area contributed by atoms with Gasteiger partial charge in [-0.1, -0.05) is 31.7 Å². The molecule has 0 unspecified atom stereocenters. The third kappa shape index (κ3) is 6.18. The highest BCUT2D eigenvalue weighted by atomic mass is 16.5. The first-order valence-electron chi connectivity index (χ1n) is 13.1. The van der Waals surface area contributed by atoms with Crippen LogP contribution in [-0.2, 0) is 12.8 Å². The van der Waals surface area contributed by atoms with Gasteiger partial charge in [0.1, 0.15) is 11.5 Å². The van der Waals surface area contributed by atoms with Crippen molar-refractivity contribution < 1.29 is 9.47 Å². The van der Waals surface area contributed by atoms with Gasteiger partial charge in [-0.25, -0.2) is 0 Å². The Kier molecular flexibility index (Phi) is 9.06. The molecule has 0 radical (unpaired) electrons. The van der Waals surface area contributed by atoms with Crippen molar-refractivity contribution in [2.75, 3.05) is 65.6 Å². The Morgan fingerprint density at radius 1 is 0.657 bits per heavy atom. The molecule has 192 valence electrons. The lowest BCUT2D eigenvalue weighted by Gasteiger charge is -2.33. The number of piperazine rings is 2. The number of hydrogen-bond acceptors (Lipinski definition) is 6. The van der Waals surface area contributed by atoms with Crippen molar-refractivity contribution >= 4 is 0 Å². The van der Waals surface area contributed by atoms with Gasteiger partial charge in [-0.2, -0.15) is 0 Å². The SMILES string of the molecule is C.C[C@@H](c1ccc2c(c1)OCC2)N1CCNCC1.C[C@H](c1ccc2c(c1)OCC2)N1CCNCC1. The number of fused-ring (bicyclic) bond motifs is 2. The standard InChI is InChI=1S/2C14H20N2O.CH4/c2*1-11(16-7-5-15-6-8-16)13-3-2-12-4-9-17-14(12)10-13;/h2*2-3,10-11,15H,4-9H2,1H3;1H4/t2*11-;/m10./s1. The number of benzene rings is 2. The maximum Gasteiger partial charge on any atom is 0.122 e. The van der Waals surface area contributed by atoms with E-state index in [1.54, 1.807) is 0 Å². The van der Waals surface area contributed by atoms with Crippen molar-refractivity contribution in [3.05, 3.63) is 58.7 Å². The van der Waals surface area contributed by atoms with Crippen molar-refractivity contribution in [3.8, 4) is 11.5 Å². The number of nitrogens with zero attached hydrogens (tertiary/aromatic N) is 2. The van der Waals surface area contributed by atoms with Crippen molar-refractivity contribution in [1.29, 1.82) is 0 Å². The van der Waals surface area contributed by atoms with Crippen molar-refractivity contribution in [2.45, 2.75) is 46.2 Å². The third-order valence-electron chi connectivity index (χ3n) is 7.80. The molecule has 4 heterocycles. The van der Waals surface area contributed by atoms with Gasteiger partial charge < -0.3 is 20.1 Å². The van der Waals surface area contributed by atoms with E-state index in [0.29, 0.717) is 12.1 Å². The molecule has 6 heteroatoms. The molecule has 2 N–H and O–H groups in total. The van der Waals surface area contributed by atoms with Crippen LogP contribution in [0.4, 0.5) is 0 Å². The van der Waals surface area contributed by atoms with Gasteiger partial charge in [-0.3, -0.25) is 9.80 Å². The minimum atomic E-state index is 0. The zero-order valence-corrected chi connectivity index (χ0v) is 20.8. The normalized spacial score (nSPS) is 21.3. The second kappa shape index (κ2) is 12.2. The molecule has 6 rings (SSSR count). The molecule has 0 amide bonds.